The normalized spacial score (nSPS) is 10.5. The smallest absolute Gasteiger partial charge is 0.353 e. The molecule has 0 unspecified atom stereocenters. The van der Waals surface area contributed by atoms with E-state index in [0.717, 1.165) is 12.2 Å². The fraction of sp³-hybridized carbons (Fsp3) is 0.222. The molecule has 0 bridgehead atoms. The molecule has 2 heterocycles. The molecule has 0 aliphatic carbocycles. The van der Waals surface area contributed by atoms with Gasteiger partial charge >= 0.3 is 5.97 Å². The standard InChI is InChI=1S/C9H10N4O2/c1-2-13-5-10-4-8(13)6-3-7(9(14)15)12-11-6/h3-5H,2H2,1H3,(H,11,12)(H,14,15). The first kappa shape index (κ1) is 9.45. The van der Waals surface area contributed by atoms with Crippen LogP contribution in [0.25, 0.3) is 11.4 Å². The molecule has 0 aliphatic rings. The average molecular weight is 206 g/mol. The van der Waals surface area contributed by atoms with Crippen molar-refractivity contribution in [2.45, 2.75) is 13.5 Å². The van der Waals surface area contributed by atoms with Gasteiger partial charge in [0.1, 0.15) is 11.4 Å². The predicted molar refractivity (Wildman–Crippen MR) is 52.4 cm³/mol. The molecule has 0 atom stereocenters. The van der Waals surface area contributed by atoms with E-state index in [9.17, 15) is 4.79 Å². The van der Waals surface area contributed by atoms with E-state index >= 15 is 0 Å². The van der Waals surface area contributed by atoms with Crippen molar-refractivity contribution in [2.24, 2.45) is 0 Å². The van der Waals surface area contributed by atoms with Crippen molar-refractivity contribution in [1.29, 1.82) is 0 Å². The van der Waals surface area contributed by atoms with E-state index in [0.29, 0.717) is 5.69 Å². The Balaban J connectivity index is 2.41. The maximum atomic E-state index is 10.6. The summed E-state index contributed by atoms with van der Waals surface area (Å²) in [6, 6.07) is 1.49. The first-order chi connectivity index (χ1) is 7.22. The van der Waals surface area contributed by atoms with Gasteiger partial charge in [0.15, 0.2) is 0 Å². The van der Waals surface area contributed by atoms with Crippen molar-refractivity contribution in [3.63, 3.8) is 0 Å². The van der Waals surface area contributed by atoms with Gasteiger partial charge in [-0.25, -0.2) is 9.78 Å². The molecule has 0 spiro atoms. The molecule has 2 aromatic rings. The molecule has 0 aromatic carbocycles. The van der Waals surface area contributed by atoms with E-state index in [1.54, 1.807) is 12.5 Å². The van der Waals surface area contributed by atoms with Crippen LogP contribution in [-0.2, 0) is 6.54 Å². The van der Waals surface area contributed by atoms with Gasteiger partial charge in [0.2, 0.25) is 0 Å². The van der Waals surface area contributed by atoms with Crippen molar-refractivity contribution >= 4 is 5.97 Å². The number of aryl methyl sites for hydroxylation is 1. The monoisotopic (exact) mass is 206 g/mol. The lowest BCUT2D eigenvalue weighted by atomic mass is 10.3. The second kappa shape index (κ2) is 3.56. The number of aromatic nitrogens is 4. The Bertz CT molecular complexity index is 486. The van der Waals surface area contributed by atoms with Gasteiger partial charge in [-0.1, -0.05) is 0 Å². The summed E-state index contributed by atoms with van der Waals surface area (Å²) < 4.78 is 1.89. The van der Waals surface area contributed by atoms with Crippen LogP contribution in [0.1, 0.15) is 17.4 Å². The second-order valence-corrected chi connectivity index (χ2v) is 3.04. The number of nitrogens with zero attached hydrogens (tertiary/aromatic N) is 3. The predicted octanol–water partition coefficient (Wildman–Crippen LogP) is 0.991. The Kier molecular flexibility index (Phi) is 2.24. The van der Waals surface area contributed by atoms with Crippen molar-refractivity contribution in [1.82, 2.24) is 19.7 Å². The SMILES string of the molecule is CCn1cncc1-c1cc(C(=O)O)[nH]n1. The Morgan fingerprint density at radius 2 is 2.47 bits per heavy atom. The van der Waals surface area contributed by atoms with Crippen LogP contribution in [0.2, 0.25) is 0 Å². The number of hydrogen-bond acceptors (Lipinski definition) is 3. The molecular weight excluding hydrogens is 196 g/mol. The Labute approximate surface area is 85.6 Å². The molecule has 0 fully saturated rings. The number of rotatable bonds is 3. The lowest BCUT2D eigenvalue weighted by Gasteiger charge is -1.99. The van der Waals surface area contributed by atoms with Crippen LogP contribution in [-0.4, -0.2) is 30.8 Å². The highest BCUT2D eigenvalue weighted by Crippen LogP contribution is 2.16. The lowest BCUT2D eigenvalue weighted by Crippen LogP contribution is -1.95. The van der Waals surface area contributed by atoms with Crippen LogP contribution in [0.4, 0.5) is 0 Å². The largest absolute Gasteiger partial charge is 0.477 e. The van der Waals surface area contributed by atoms with Gasteiger partial charge in [-0.2, -0.15) is 5.10 Å². The number of aromatic amines is 1. The van der Waals surface area contributed by atoms with Gasteiger partial charge in [-0.3, -0.25) is 5.10 Å². The van der Waals surface area contributed by atoms with E-state index in [4.69, 9.17) is 5.11 Å². The van der Waals surface area contributed by atoms with Crippen molar-refractivity contribution in [3.05, 3.63) is 24.3 Å². The van der Waals surface area contributed by atoms with Gasteiger partial charge in [0, 0.05) is 12.6 Å². The van der Waals surface area contributed by atoms with Crippen LogP contribution in [0.5, 0.6) is 0 Å². The molecule has 6 heteroatoms. The highest BCUT2D eigenvalue weighted by atomic mass is 16.4. The first-order valence-electron chi connectivity index (χ1n) is 4.51. The van der Waals surface area contributed by atoms with Crippen LogP contribution in [0.3, 0.4) is 0 Å². The number of carboxylic acid groups (broad SMARTS) is 1. The molecule has 0 aliphatic heterocycles. The molecule has 78 valence electrons. The van der Waals surface area contributed by atoms with Crippen molar-refractivity contribution < 1.29 is 9.90 Å². The summed E-state index contributed by atoms with van der Waals surface area (Å²) in [4.78, 5) is 14.6. The third-order valence-electron chi connectivity index (χ3n) is 2.12. The van der Waals surface area contributed by atoms with Crippen molar-refractivity contribution in [3.8, 4) is 11.4 Å². The maximum Gasteiger partial charge on any atom is 0.353 e. The molecule has 0 saturated heterocycles. The number of imidazole rings is 1. The summed E-state index contributed by atoms with van der Waals surface area (Å²) in [5, 5.41) is 15.1. The van der Waals surface area contributed by atoms with Gasteiger partial charge in [-0.15, -0.1) is 0 Å². The summed E-state index contributed by atoms with van der Waals surface area (Å²) in [7, 11) is 0. The molecule has 6 nitrogen and oxygen atoms in total. The lowest BCUT2D eigenvalue weighted by molar-refractivity contribution is 0.0690. The number of aromatic carboxylic acids is 1. The van der Waals surface area contributed by atoms with Gasteiger partial charge in [0.05, 0.1) is 18.2 Å². The number of hydrogen-bond donors (Lipinski definition) is 2. The topological polar surface area (TPSA) is 83.8 Å². The van der Waals surface area contributed by atoms with Crippen LogP contribution >= 0.6 is 0 Å². The van der Waals surface area contributed by atoms with E-state index in [1.807, 2.05) is 11.5 Å². The zero-order valence-electron chi connectivity index (χ0n) is 8.14. The van der Waals surface area contributed by atoms with E-state index in [1.165, 1.54) is 6.07 Å². The maximum absolute atomic E-state index is 10.6. The fourth-order valence-corrected chi connectivity index (χ4v) is 1.35. The second-order valence-electron chi connectivity index (χ2n) is 3.04. The Morgan fingerprint density at radius 1 is 1.67 bits per heavy atom. The molecule has 2 N–H and O–H groups in total. The molecule has 0 saturated carbocycles. The summed E-state index contributed by atoms with van der Waals surface area (Å²) in [6.45, 7) is 2.75. The molecule has 0 radical (unpaired) electrons. The van der Waals surface area contributed by atoms with E-state index in [-0.39, 0.29) is 5.69 Å². The number of carboxylic acids is 1. The molecule has 0 amide bonds. The third kappa shape index (κ3) is 1.61. The zero-order valence-corrected chi connectivity index (χ0v) is 8.14. The van der Waals surface area contributed by atoms with Gasteiger partial charge in [-0.05, 0) is 6.92 Å². The van der Waals surface area contributed by atoms with Crippen LogP contribution in [0.15, 0.2) is 18.6 Å². The third-order valence-corrected chi connectivity index (χ3v) is 2.12. The van der Waals surface area contributed by atoms with Crippen molar-refractivity contribution in [2.75, 3.05) is 0 Å². The number of H-pyrrole nitrogens is 1. The minimum Gasteiger partial charge on any atom is -0.477 e. The first-order valence-corrected chi connectivity index (χ1v) is 4.51. The molecular formula is C9H10N4O2. The molecule has 15 heavy (non-hydrogen) atoms. The summed E-state index contributed by atoms with van der Waals surface area (Å²) in [5.74, 6) is -1.02. The Hall–Kier alpha value is -2.11. The average Bonchev–Trinajstić information content (AvgIpc) is 2.85. The number of nitrogens with one attached hydrogen (secondary N) is 1. The summed E-state index contributed by atoms with van der Waals surface area (Å²) in [5.41, 5.74) is 1.47. The van der Waals surface area contributed by atoms with Crippen LogP contribution < -0.4 is 0 Å². The Morgan fingerprint density at radius 3 is 3.07 bits per heavy atom. The highest BCUT2D eigenvalue weighted by Gasteiger charge is 2.11. The quantitative estimate of drug-likeness (QED) is 0.784. The van der Waals surface area contributed by atoms with E-state index in [2.05, 4.69) is 15.2 Å². The van der Waals surface area contributed by atoms with Gasteiger partial charge < -0.3 is 9.67 Å². The van der Waals surface area contributed by atoms with E-state index < -0.39 is 5.97 Å². The van der Waals surface area contributed by atoms with Crippen LogP contribution in [0, 0.1) is 0 Å². The molecule has 2 aromatic heterocycles. The summed E-state index contributed by atoms with van der Waals surface area (Å²) in [6.07, 6.45) is 3.34. The number of carbonyl (C=O) groups is 1. The van der Waals surface area contributed by atoms with Gasteiger partial charge in [0.25, 0.3) is 0 Å². The fourth-order valence-electron chi connectivity index (χ4n) is 1.35. The summed E-state index contributed by atoms with van der Waals surface area (Å²) >= 11 is 0. The highest BCUT2D eigenvalue weighted by molar-refractivity contribution is 5.86. The minimum absolute atomic E-state index is 0.0776. The zero-order chi connectivity index (χ0) is 10.8. The molecule has 2 rings (SSSR count). The minimum atomic E-state index is -1.02.